The van der Waals surface area contributed by atoms with Gasteiger partial charge in [0.05, 0.1) is 16.1 Å². The Morgan fingerprint density at radius 2 is 1.48 bits per heavy atom. The minimum atomic E-state index is -0.588. The molecule has 0 radical (unpaired) electrons. The first-order valence-corrected chi connectivity index (χ1v) is 7.57. The van der Waals surface area contributed by atoms with Crippen molar-refractivity contribution in [3.8, 4) is 0 Å². The van der Waals surface area contributed by atoms with Gasteiger partial charge in [0.1, 0.15) is 0 Å². The minimum absolute atomic E-state index is 0.0149. The van der Waals surface area contributed by atoms with Crippen LogP contribution in [-0.4, -0.2) is 29.8 Å². The molecular weight excluding hydrogens is 298 g/mol. The van der Waals surface area contributed by atoms with Crippen molar-refractivity contribution in [2.24, 2.45) is 11.8 Å². The molecule has 0 aromatic heterocycles. The molecule has 1 rings (SSSR count). The lowest BCUT2D eigenvalue weighted by Gasteiger charge is -2.12. The first-order valence-electron chi connectivity index (χ1n) is 7.57. The number of carbonyl (C=O) groups excluding carboxylic acids is 2. The van der Waals surface area contributed by atoms with Crippen LogP contribution < -0.4 is 10.6 Å². The summed E-state index contributed by atoms with van der Waals surface area (Å²) in [6, 6.07) is 3.68. The summed E-state index contributed by atoms with van der Waals surface area (Å²) in [5.74, 6) is -0.411. The smallest absolute Gasteiger partial charge is 0.270 e. The van der Waals surface area contributed by atoms with Crippen molar-refractivity contribution in [2.75, 3.05) is 13.1 Å². The Morgan fingerprint density at radius 3 is 1.91 bits per heavy atom. The van der Waals surface area contributed by atoms with E-state index in [9.17, 15) is 19.7 Å². The van der Waals surface area contributed by atoms with E-state index in [1.165, 1.54) is 12.1 Å². The van der Waals surface area contributed by atoms with Gasteiger partial charge in [0.25, 0.3) is 17.5 Å². The van der Waals surface area contributed by atoms with Crippen LogP contribution in [-0.2, 0) is 0 Å². The number of carbonyl (C=O) groups is 2. The van der Waals surface area contributed by atoms with E-state index in [0.29, 0.717) is 13.1 Å². The molecule has 126 valence electrons. The SMILES string of the molecule is CC(C)CNC(=O)c1ccc([N+](=O)[O-])cc1C(=O)NCC(C)C. The highest BCUT2D eigenvalue weighted by atomic mass is 16.6. The highest BCUT2D eigenvalue weighted by Gasteiger charge is 2.21. The van der Waals surface area contributed by atoms with E-state index >= 15 is 0 Å². The number of hydrogen-bond donors (Lipinski definition) is 2. The van der Waals surface area contributed by atoms with Crippen LogP contribution in [0.5, 0.6) is 0 Å². The second kappa shape index (κ2) is 8.26. The first-order chi connectivity index (χ1) is 10.7. The number of rotatable bonds is 7. The number of benzene rings is 1. The molecule has 0 spiro atoms. The summed E-state index contributed by atoms with van der Waals surface area (Å²) in [4.78, 5) is 34.8. The van der Waals surface area contributed by atoms with Crippen molar-refractivity contribution in [3.63, 3.8) is 0 Å². The zero-order valence-corrected chi connectivity index (χ0v) is 13.9. The summed E-state index contributed by atoms with van der Waals surface area (Å²) in [6.07, 6.45) is 0. The fraction of sp³-hybridized carbons (Fsp3) is 0.500. The molecule has 1 aromatic carbocycles. The van der Waals surface area contributed by atoms with E-state index in [4.69, 9.17) is 0 Å². The molecule has 0 aliphatic carbocycles. The van der Waals surface area contributed by atoms with Crippen LogP contribution in [0.4, 0.5) is 5.69 Å². The molecule has 0 aliphatic heterocycles. The third-order valence-electron chi connectivity index (χ3n) is 3.04. The van der Waals surface area contributed by atoms with Crippen LogP contribution in [0.2, 0.25) is 0 Å². The number of nitrogens with zero attached hydrogens (tertiary/aromatic N) is 1. The number of hydrogen-bond acceptors (Lipinski definition) is 4. The maximum atomic E-state index is 12.3. The number of amides is 2. The lowest BCUT2D eigenvalue weighted by Crippen LogP contribution is -2.32. The summed E-state index contributed by atoms with van der Waals surface area (Å²) in [5.41, 5.74) is -0.0706. The number of nitro benzene ring substituents is 1. The highest BCUT2D eigenvalue weighted by molar-refractivity contribution is 6.07. The first kappa shape index (κ1) is 18.6. The van der Waals surface area contributed by atoms with Gasteiger partial charge in [-0.3, -0.25) is 19.7 Å². The topological polar surface area (TPSA) is 101 Å². The van der Waals surface area contributed by atoms with Crippen LogP contribution in [0.3, 0.4) is 0 Å². The van der Waals surface area contributed by atoms with E-state index < -0.39 is 16.7 Å². The van der Waals surface area contributed by atoms with Crippen molar-refractivity contribution in [1.82, 2.24) is 10.6 Å². The third-order valence-corrected chi connectivity index (χ3v) is 3.04. The lowest BCUT2D eigenvalue weighted by atomic mass is 10.0. The van der Waals surface area contributed by atoms with Gasteiger partial charge < -0.3 is 10.6 Å². The zero-order valence-electron chi connectivity index (χ0n) is 13.9. The molecule has 2 amide bonds. The van der Waals surface area contributed by atoms with Gasteiger partial charge in [-0.2, -0.15) is 0 Å². The molecule has 0 unspecified atom stereocenters. The third kappa shape index (κ3) is 5.69. The predicted octanol–water partition coefficient (Wildman–Crippen LogP) is 2.37. The molecule has 0 heterocycles. The Hall–Kier alpha value is -2.44. The van der Waals surface area contributed by atoms with Gasteiger partial charge in [-0.25, -0.2) is 0 Å². The van der Waals surface area contributed by atoms with E-state index in [-0.39, 0.29) is 28.7 Å². The molecule has 0 saturated carbocycles. The molecule has 1 aromatic rings. The maximum absolute atomic E-state index is 12.3. The van der Waals surface area contributed by atoms with E-state index in [1.807, 2.05) is 27.7 Å². The molecule has 23 heavy (non-hydrogen) atoms. The number of nitrogens with one attached hydrogen (secondary N) is 2. The maximum Gasteiger partial charge on any atom is 0.270 e. The molecular formula is C16H23N3O4. The molecule has 0 aliphatic rings. The monoisotopic (exact) mass is 321 g/mol. The largest absolute Gasteiger partial charge is 0.352 e. The van der Waals surface area contributed by atoms with Gasteiger partial charge in [-0.05, 0) is 17.9 Å². The highest BCUT2D eigenvalue weighted by Crippen LogP contribution is 2.18. The van der Waals surface area contributed by atoms with Crippen LogP contribution >= 0.6 is 0 Å². The second-order valence-electron chi connectivity index (χ2n) is 6.19. The van der Waals surface area contributed by atoms with E-state index in [2.05, 4.69) is 10.6 Å². The van der Waals surface area contributed by atoms with Crippen molar-refractivity contribution in [2.45, 2.75) is 27.7 Å². The van der Waals surface area contributed by atoms with Gasteiger partial charge in [-0.1, -0.05) is 27.7 Å². The zero-order chi connectivity index (χ0) is 17.6. The summed E-state index contributed by atoms with van der Waals surface area (Å²) in [5, 5.41) is 16.3. The normalized spacial score (nSPS) is 10.7. The number of nitro groups is 1. The van der Waals surface area contributed by atoms with Crippen LogP contribution in [0.25, 0.3) is 0 Å². The average molecular weight is 321 g/mol. The second-order valence-corrected chi connectivity index (χ2v) is 6.19. The Kier molecular flexibility index (Phi) is 6.68. The Morgan fingerprint density at radius 1 is 1.00 bits per heavy atom. The van der Waals surface area contributed by atoms with Gasteiger partial charge in [0.15, 0.2) is 0 Å². The fourth-order valence-corrected chi connectivity index (χ4v) is 1.82. The predicted molar refractivity (Wildman–Crippen MR) is 87.4 cm³/mol. The molecule has 0 fully saturated rings. The van der Waals surface area contributed by atoms with Gasteiger partial charge in [0, 0.05) is 25.2 Å². The molecule has 7 nitrogen and oxygen atoms in total. The van der Waals surface area contributed by atoms with Crippen LogP contribution in [0.15, 0.2) is 18.2 Å². The standard InChI is InChI=1S/C16H23N3O4/c1-10(2)8-17-15(20)13-6-5-12(19(22)23)7-14(13)16(21)18-9-11(3)4/h5-7,10-11H,8-9H2,1-4H3,(H,17,20)(H,18,21). The van der Waals surface area contributed by atoms with Crippen LogP contribution in [0, 0.1) is 22.0 Å². The minimum Gasteiger partial charge on any atom is -0.352 e. The Labute approximate surface area is 135 Å². The molecule has 2 N–H and O–H groups in total. The molecule has 0 saturated heterocycles. The Bertz CT molecular complexity index is 597. The van der Waals surface area contributed by atoms with Gasteiger partial charge in [0.2, 0.25) is 0 Å². The van der Waals surface area contributed by atoms with Crippen molar-refractivity contribution in [1.29, 1.82) is 0 Å². The summed E-state index contributed by atoms with van der Waals surface area (Å²) in [7, 11) is 0. The van der Waals surface area contributed by atoms with Crippen LogP contribution in [0.1, 0.15) is 48.4 Å². The van der Waals surface area contributed by atoms with Crippen molar-refractivity contribution < 1.29 is 14.5 Å². The quantitative estimate of drug-likeness (QED) is 0.594. The molecule has 0 atom stereocenters. The fourth-order valence-electron chi connectivity index (χ4n) is 1.82. The van der Waals surface area contributed by atoms with E-state index in [1.54, 1.807) is 0 Å². The van der Waals surface area contributed by atoms with Gasteiger partial charge in [-0.15, -0.1) is 0 Å². The Balaban J connectivity index is 3.10. The van der Waals surface area contributed by atoms with Crippen molar-refractivity contribution >= 4 is 17.5 Å². The average Bonchev–Trinajstić information content (AvgIpc) is 2.49. The number of non-ortho nitro benzene ring substituents is 1. The summed E-state index contributed by atoms with van der Waals surface area (Å²) >= 11 is 0. The van der Waals surface area contributed by atoms with E-state index in [0.717, 1.165) is 6.07 Å². The lowest BCUT2D eigenvalue weighted by molar-refractivity contribution is -0.384. The molecule has 7 heteroatoms. The summed E-state index contributed by atoms with van der Waals surface area (Å²) < 4.78 is 0. The summed E-state index contributed by atoms with van der Waals surface area (Å²) in [6.45, 7) is 8.66. The molecule has 0 bridgehead atoms. The van der Waals surface area contributed by atoms with Crippen molar-refractivity contribution in [3.05, 3.63) is 39.4 Å². The van der Waals surface area contributed by atoms with Gasteiger partial charge >= 0.3 is 0 Å².